The van der Waals surface area contributed by atoms with Crippen LogP contribution in [0.2, 0.25) is 0 Å². The zero-order chi connectivity index (χ0) is 21.5. The molecule has 0 unspecified atom stereocenters. The number of carbonyl (C=O) groups is 1. The molecule has 1 amide bonds. The van der Waals surface area contributed by atoms with Crippen molar-refractivity contribution in [2.75, 3.05) is 11.5 Å². The zero-order valence-corrected chi connectivity index (χ0v) is 19.6. The Balaban J connectivity index is 1.72. The summed E-state index contributed by atoms with van der Waals surface area (Å²) in [4.78, 5) is 17.9. The molecule has 0 bridgehead atoms. The molecule has 4 rings (SSSR count). The first-order valence-corrected chi connectivity index (χ1v) is 13.9. The quantitative estimate of drug-likeness (QED) is 0.346. The van der Waals surface area contributed by atoms with Gasteiger partial charge in [-0.25, -0.2) is 0 Å². The van der Waals surface area contributed by atoms with E-state index in [0.29, 0.717) is 22.3 Å². The molecule has 1 aliphatic rings. The van der Waals surface area contributed by atoms with Crippen molar-refractivity contribution in [2.24, 2.45) is 5.73 Å². The van der Waals surface area contributed by atoms with Crippen LogP contribution in [0, 0.1) is 0 Å². The van der Waals surface area contributed by atoms with Crippen LogP contribution in [0.15, 0.2) is 30.5 Å². The van der Waals surface area contributed by atoms with Gasteiger partial charge in [0, 0.05) is 38.6 Å². The second kappa shape index (κ2) is 8.59. The van der Waals surface area contributed by atoms with Gasteiger partial charge in [0.2, 0.25) is 0 Å². The van der Waals surface area contributed by atoms with E-state index < -0.39 is 16.5 Å². The fraction of sp³-hybridized carbons (Fsp3) is 0.409. The second-order valence-corrected chi connectivity index (χ2v) is 13.3. The van der Waals surface area contributed by atoms with Gasteiger partial charge in [-0.1, -0.05) is 13.8 Å². The van der Waals surface area contributed by atoms with E-state index in [4.69, 9.17) is 5.73 Å². The lowest BCUT2D eigenvalue weighted by molar-refractivity contribution is 0.100. The largest absolute Gasteiger partial charge is 0.366 e. The molecular formula is C22H28N2O3S3. The SMILES string of the molecule is CC(C)SCc1ccc(-c2cc(C(N)=O)c3[nH]cc(C4CCS(O)(O)CC4)c3c2)s1. The maximum atomic E-state index is 12.2. The average molecular weight is 465 g/mol. The maximum absolute atomic E-state index is 12.2. The molecule has 0 spiro atoms. The van der Waals surface area contributed by atoms with Gasteiger partial charge in [-0.2, -0.15) is 22.4 Å². The summed E-state index contributed by atoms with van der Waals surface area (Å²) in [6.07, 6.45) is 3.43. The second-order valence-electron chi connectivity index (χ2n) is 8.17. The molecule has 1 saturated heterocycles. The van der Waals surface area contributed by atoms with Crippen LogP contribution in [-0.4, -0.2) is 36.8 Å². The Labute approximate surface area is 186 Å². The van der Waals surface area contributed by atoms with Crippen molar-refractivity contribution >= 4 is 50.5 Å². The molecule has 0 radical (unpaired) electrons. The van der Waals surface area contributed by atoms with Crippen molar-refractivity contribution in [3.8, 4) is 10.4 Å². The van der Waals surface area contributed by atoms with Crippen molar-refractivity contribution in [3.63, 3.8) is 0 Å². The fourth-order valence-corrected chi connectivity index (χ4v) is 7.36. The molecule has 1 fully saturated rings. The third-order valence-corrected chi connectivity index (χ3v) is 9.86. The molecule has 30 heavy (non-hydrogen) atoms. The molecule has 1 aromatic carbocycles. The molecule has 3 aromatic rings. The van der Waals surface area contributed by atoms with Gasteiger partial charge in [-0.3, -0.25) is 13.9 Å². The highest BCUT2D eigenvalue weighted by Gasteiger charge is 2.27. The minimum absolute atomic E-state index is 0.246. The number of hydrogen-bond donors (Lipinski definition) is 4. The molecule has 5 nitrogen and oxygen atoms in total. The summed E-state index contributed by atoms with van der Waals surface area (Å²) in [6.45, 7) is 4.40. The molecule has 162 valence electrons. The van der Waals surface area contributed by atoms with E-state index >= 15 is 0 Å². The fourth-order valence-electron chi connectivity index (χ4n) is 4.01. The maximum Gasteiger partial charge on any atom is 0.250 e. The van der Waals surface area contributed by atoms with Crippen LogP contribution in [0.4, 0.5) is 0 Å². The molecule has 1 aliphatic heterocycles. The van der Waals surface area contributed by atoms with Crippen molar-refractivity contribution in [2.45, 2.75) is 43.6 Å². The smallest absolute Gasteiger partial charge is 0.250 e. The summed E-state index contributed by atoms with van der Waals surface area (Å²) in [5, 5.41) is 1.60. The molecule has 0 saturated carbocycles. The highest BCUT2D eigenvalue weighted by Crippen LogP contribution is 2.49. The number of thiophene rings is 1. The van der Waals surface area contributed by atoms with E-state index in [2.05, 4.69) is 37.0 Å². The van der Waals surface area contributed by atoms with Crippen molar-refractivity contribution in [1.29, 1.82) is 0 Å². The Morgan fingerprint density at radius 2 is 2.03 bits per heavy atom. The lowest BCUT2D eigenvalue weighted by atomic mass is 9.91. The van der Waals surface area contributed by atoms with Crippen LogP contribution >= 0.6 is 33.7 Å². The van der Waals surface area contributed by atoms with Gasteiger partial charge in [0.25, 0.3) is 5.91 Å². The van der Waals surface area contributed by atoms with Gasteiger partial charge in [-0.15, -0.1) is 11.3 Å². The van der Waals surface area contributed by atoms with Crippen LogP contribution in [0.25, 0.3) is 21.3 Å². The van der Waals surface area contributed by atoms with Crippen LogP contribution in [0.1, 0.15) is 53.4 Å². The van der Waals surface area contributed by atoms with Crippen LogP contribution < -0.4 is 5.73 Å². The van der Waals surface area contributed by atoms with Crippen LogP contribution in [0.3, 0.4) is 0 Å². The van der Waals surface area contributed by atoms with Crippen molar-refractivity contribution in [3.05, 3.63) is 46.5 Å². The summed E-state index contributed by atoms with van der Waals surface area (Å²) < 4.78 is 19.9. The third kappa shape index (κ3) is 4.57. The van der Waals surface area contributed by atoms with Gasteiger partial charge >= 0.3 is 0 Å². The average Bonchev–Trinajstić information content (AvgIpc) is 3.32. The Hall–Kier alpha value is -1.45. The summed E-state index contributed by atoms with van der Waals surface area (Å²) in [7, 11) is -2.43. The summed E-state index contributed by atoms with van der Waals surface area (Å²) in [5.41, 5.74) is 9.12. The predicted molar refractivity (Wildman–Crippen MR) is 131 cm³/mol. The summed E-state index contributed by atoms with van der Waals surface area (Å²) >= 11 is 3.67. The van der Waals surface area contributed by atoms with E-state index in [1.54, 1.807) is 11.3 Å². The molecule has 3 heterocycles. The number of hydrogen-bond acceptors (Lipinski definition) is 5. The molecule has 0 atom stereocenters. The number of primary amides is 1. The number of carbonyl (C=O) groups excluding carboxylic acids is 1. The Kier molecular flexibility index (Phi) is 6.23. The normalized spacial score (nSPS) is 18.2. The van der Waals surface area contributed by atoms with Gasteiger partial charge in [0.05, 0.1) is 11.1 Å². The number of benzene rings is 1. The number of rotatable bonds is 6. The first kappa shape index (κ1) is 21.8. The topological polar surface area (TPSA) is 99.3 Å². The van der Waals surface area contributed by atoms with Crippen molar-refractivity contribution in [1.82, 2.24) is 4.98 Å². The number of thioether (sulfide) groups is 1. The first-order chi connectivity index (χ1) is 14.2. The van der Waals surface area contributed by atoms with E-state index in [1.807, 2.05) is 24.0 Å². The Morgan fingerprint density at radius 3 is 2.70 bits per heavy atom. The molecular weight excluding hydrogens is 436 g/mol. The standard InChI is InChI=1S/C22H28N2O3S3/c1-13(2)28-12-16-3-4-20(29-16)15-9-17-19(14-5-7-30(26,27)8-6-14)11-24-21(17)18(10-15)22(23)25/h3-4,9-11,13-14,24,26-27H,5-8,12H2,1-2H3,(H2,23,25). The van der Waals surface area contributed by atoms with Gasteiger partial charge in [0.15, 0.2) is 0 Å². The molecule has 8 heteroatoms. The number of nitrogens with one attached hydrogen (secondary N) is 1. The Bertz CT molecular complexity index is 1060. The third-order valence-electron chi connectivity index (χ3n) is 5.62. The lowest BCUT2D eigenvalue weighted by Crippen LogP contribution is -2.19. The van der Waals surface area contributed by atoms with Gasteiger partial charge in [0.1, 0.15) is 0 Å². The summed E-state index contributed by atoms with van der Waals surface area (Å²) in [6, 6.07) is 8.31. The highest BCUT2D eigenvalue weighted by atomic mass is 32.3. The van der Waals surface area contributed by atoms with E-state index in [-0.39, 0.29) is 5.92 Å². The number of amides is 1. The number of aromatic nitrogens is 1. The van der Waals surface area contributed by atoms with E-state index in [1.165, 1.54) is 4.88 Å². The van der Waals surface area contributed by atoms with Gasteiger partial charge in [-0.05, 0) is 59.4 Å². The monoisotopic (exact) mass is 464 g/mol. The van der Waals surface area contributed by atoms with Crippen LogP contribution in [0.5, 0.6) is 0 Å². The minimum atomic E-state index is -2.43. The Morgan fingerprint density at radius 1 is 1.30 bits per heavy atom. The zero-order valence-electron chi connectivity index (χ0n) is 17.2. The van der Waals surface area contributed by atoms with E-state index in [9.17, 15) is 13.9 Å². The molecule has 2 aromatic heterocycles. The number of nitrogens with two attached hydrogens (primary N) is 1. The highest BCUT2D eigenvalue weighted by molar-refractivity contribution is 8.24. The first-order valence-electron chi connectivity index (χ1n) is 10.1. The molecule has 5 N–H and O–H groups in total. The lowest BCUT2D eigenvalue weighted by Gasteiger charge is -2.39. The van der Waals surface area contributed by atoms with Crippen LogP contribution in [-0.2, 0) is 5.75 Å². The van der Waals surface area contributed by atoms with Gasteiger partial charge < -0.3 is 10.7 Å². The van der Waals surface area contributed by atoms with E-state index in [0.717, 1.165) is 45.5 Å². The number of aromatic amines is 1. The predicted octanol–water partition coefficient (Wildman–Crippen LogP) is 6.26. The van der Waals surface area contributed by atoms with Crippen molar-refractivity contribution < 1.29 is 13.9 Å². The summed E-state index contributed by atoms with van der Waals surface area (Å²) in [5.74, 6) is 1.66. The minimum Gasteiger partial charge on any atom is -0.366 e. The molecule has 0 aliphatic carbocycles. The number of fused-ring (bicyclic) bond motifs is 1. The number of H-pyrrole nitrogens is 1.